The van der Waals surface area contributed by atoms with Crippen LogP contribution >= 0.6 is 0 Å². The van der Waals surface area contributed by atoms with Crippen LogP contribution in [0.25, 0.3) is 5.57 Å². The average molecular weight is 355 g/mol. The van der Waals surface area contributed by atoms with E-state index in [4.69, 9.17) is 9.47 Å². The summed E-state index contributed by atoms with van der Waals surface area (Å²) in [6.07, 6.45) is 1.90. The van der Waals surface area contributed by atoms with Gasteiger partial charge in [0.15, 0.2) is 0 Å². The van der Waals surface area contributed by atoms with Crippen molar-refractivity contribution in [2.24, 2.45) is 11.8 Å². The third-order valence-electron chi connectivity index (χ3n) is 4.80. The first-order chi connectivity index (χ1) is 12.7. The lowest BCUT2D eigenvalue weighted by atomic mass is 10.1. The number of anilines is 1. The van der Waals surface area contributed by atoms with Crippen LogP contribution in [-0.4, -0.2) is 34.2 Å². The highest BCUT2D eigenvalue weighted by atomic mass is 16.5. The maximum atomic E-state index is 12.1. The Kier molecular flexibility index (Phi) is 4.48. The minimum Gasteiger partial charge on any atom is -0.444 e. The van der Waals surface area contributed by atoms with Gasteiger partial charge in [-0.3, -0.25) is 5.32 Å². The Bertz CT molecular complexity index is 831. The summed E-state index contributed by atoms with van der Waals surface area (Å²) < 4.78 is 12.0. The standard InChI is InChI=1S/C19H21N3O4/c1-25-11-22-18(20-19(24)26-10-12-5-3-2-4-6-12)9-16(21-22)14-8-17(23)15-7-13(14)15/h2-6,8-9,13,15,17,23H,7,10-11H2,1H3,(H,20,24)/t13-,15-,17+/m1/s1. The Labute approximate surface area is 151 Å². The van der Waals surface area contributed by atoms with Crippen LogP contribution in [0, 0.1) is 11.8 Å². The Hall–Kier alpha value is -2.64. The van der Waals surface area contributed by atoms with Crippen LogP contribution in [0.3, 0.4) is 0 Å². The molecule has 7 heteroatoms. The number of hydrogen-bond acceptors (Lipinski definition) is 5. The number of benzene rings is 1. The number of nitrogens with one attached hydrogen (secondary N) is 1. The van der Waals surface area contributed by atoms with Crippen LogP contribution in [0.4, 0.5) is 10.6 Å². The summed E-state index contributed by atoms with van der Waals surface area (Å²) in [6.45, 7) is 0.400. The van der Waals surface area contributed by atoms with Crippen molar-refractivity contribution in [2.45, 2.75) is 25.9 Å². The number of aliphatic hydroxyl groups is 1. The van der Waals surface area contributed by atoms with E-state index in [1.807, 2.05) is 36.4 Å². The molecule has 26 heavy (non-hydrogen) atoms. The molecule has 1 heterocycles. The first kappa shape index (κ1) is 16.8. The quantitative estimate of drug-likeness (QED) is 0.832. The summed E-state index contributed by atoms with van der Waals surface area (Å²) in [4.78, 5) is 12.1. The van der Waals surface area contributed by atoms with Gasteiger partial charge in [-0.1, -0.05) is 36.4 Å². The maximum Gasteiger partial charge on any atom is 0.413 e. The molecule has 1 aromatic heterocycles. The minimum atomic E-state index is -0.553. The first-order valence-corrected chi connectivity index (χ1v) is 8.60. The van der Waals surface area contributed by atoms with Gasteiger partial charge in [-0.05, 0) is 29.4 Å². The van der Waals surface area contributed by atoms with Crippen LogP contribution in [0.5, 0.6) is 0 Å². The molecule has 1 saturated carbocycles. The molecule has 0 aliphatic heterocycles. The molecule has 1 amide bonds. The second-order valence-corrected chi connectivity index (χ2v) is 6.64. The van der Waals surface area contributed by atoms with Gasteiger partial charge in [0.2, 0.25) is 0 Å². The summed E-state index contributed by atoms with van der Waals surface area (Å²) >= 11 is 0. The van der Waals surface area contributed by atoms with Crippen molar-refractivity contribution >= 4 is 17.5 Å². The van der Waals surface area contributed by atoms with Gasteiger partial charge >= 0.3 is 6.09 Å². The predicted octanol–water partition coefficient (Wildman–Crippen LogP) is 2.63. The van der Waals surface area contributed by atoms with E-state index in [1.165, 1.54) is 0 Å². The largest absolute Gasteiger partial charge is 0.444 e. The Morgan fingerprint density at radius 3 is 2.85 bits per heavy atom. The van der Waals surface area contributed by atoms with Crippen molar-refractivity contribution in [3.05, 3.63) is 53.7 Å². The zero-order valence-corrected chi connectivity index (χ0v) is 14.5. The molecule has 0 radical (unpaired) electrons. The molecule has 0 spiro atoms. The molecule has 0 bridgehead atoms. The van der Waals surface area contributed by atoms with Gasteiger partial charge in [-0.2, -0.15) is 5.10 Å². The van der Waals surface area contributed by atoms with Crippen molar-refractivity contribution in [3.8, 4) is 0 Å². The number of allylic oxidation sites excluding steroid dienone is 1. The molecule has 2 N–H and O–H groups in total. The van der Waals surface area contributed by atoms with Gasteiger partial charge in [0.25, 0.3) is 0 Å². The molecule has 0 unspecified atom stereocenters. The van der Waals surface area contributed by atoms with Crippen molar-refractivity contribution in [3.63, 3.8) is 0 Å². The van der Waals surface area contributed by atoms with Crippen LogP contribution in [0.2, 0.25) is 0 Å². The molecule has 3 atom stereocenters. The lowest BCUT2D eigenvalue weighted by molar-refractivity contribution is 0.121. The normalized spacial score (nSPS) is 23.3. The fourth-order valence-electron chi connectivity index (χ4n) is 3.40. The third-order valence-corrected chi connectivity index (χ3v) is 4.80. The smallest absolute Gasteiger partial charge is 0.413 e. The molecule has 1 aromatic carbocycles. The molecule has 4 rings (SSSR count). The number of nitrogens with zero attached hydrogens (tertiary/aromatic N) is 2. The zero-order chi connectivity index (χ0) is 18.1. The van der Waals surface area contributed by atoms with Crippen LogP contribution in [0.1, 0.15) is 17.7 Å². The molecule has 1 fully saturated rings. The molecular weight excluding hydrogens is 334 g/mol. The molecule has 2 aliphatic rings. The van der Waals surface area contributed by atoms with Gasteiger partial charge in [-0.15, -0.1) is 0 Å². The number of carbonyl (C=O) groups is 1. The Morgan fingerprint density at radius 2 is 2.19 bits per heavy atom. The van der Waals surface area contributed by atoms with E-state index >= 15 is 0 Å². The lowest BCUT2D eigenvalue weighted by Crippen LogP contribution is -2.17. The van der Waals surface area contributed by atoms with E-state index < -0.39 is 12.2 Å². The Balaban J connectivity index is 1.45. The van der Waals surface area contributed by atoms with Gasteiger partial charge in [0, 0.05) is 13.2 Å². The number of methoxy groups -OCH3 is 1. The Morgan fingerprint density at radius 1 is 1.38 bits per heavy atom. The van der Waals surface area contributed by atoms with Gasteiger partial charge in [-0.25, -0.2) is 9.48 Å². The van der Waals surface area contributed by atoms with Crippen molar-refractivity contribution in [1.82, 2.24) is 9.78 Å². The summed E-state index contributed by atoms with van der Waals surface area (Å²) in [5.41, 5.74) is 2.71. The van der Waals surface area contributed by atoms with Gasteiger partial charge in [0.1, 0.15) is 19.2 Å². The molecule has 136 valence electrons. The number of hydrogen-bond donors (Lipinski definition) is 2. The highest BCUT2D eigenvalue weighted by molar-refractivity contribution is 5.84. The molecule has 0 saturated heterocycles. The third kappa shape index (κ3) is 3.36. The summed E-state index contributed by atoms with van der Waals surface area (Å²) in [7, 11) is 1.56. The second kappa shape index (κ2) is 6.93. The topological polar surface area (TPSA) is 85.6 Å². The zero-order valence-electron chi connectivity index (χ0n) is 14.5. The van der Waals surface area contributed by atoms with Crippen molar-refractivity contribution in [2.75, 3.05) is 12.4 Å². The summed E-state index contributed by atoms with van der Waals surface area (Å²) in [6, 6.07) is 11.3. The number of amides is 1. The predicted molar refractivity (Wildman–Crippen MR) is 95.1 cm³/mol. The average Bonchev–Trinajstić information content (AvgIpc) is 3.25. The van der Waals surface area contributed by atoms with E-state index in [2.05, 4.69) is 10.4 Å². The number of ether oxygens (including phenoxy) is 2. The SMILES string of the molecule is COCn1nc(C2=C[C@H](O)[C@@H]3C[C@H]23)cc1NC(=O)OCc1ccccc1. The monoisotopic (exact) mass is 355 g/mol. The van der Waals surface area contributed by atoms with Crippen molar-refractivity contribution < 1.29 is 19.4 Å². The van der Waals surface area contributed by atoms with E-state index in [0.29, 0.717) is 17.7 Å². The molecule has 7 nitrogen and oxygen atoms in total. The highest BCUT2D eigenvalue weighted by Gasteiger charge is 2.49. The first-order valence-electron chi connectivity index (χ1n) is 8.60. The fourth-order valence-corrected chi connectivity index (χ4v) is 3.40. The number of carbonyl (C=O) groups excluding carboxylic acids is 1. The molecule has 2 aliphatic carbocycles. The molecule has 2 aromatic rings. The number of fused-ring (bicyclic) bond motifs is 1. The van der Waals surface area contributed by atoms with Crippen LogP contribution in [-0.2, 0) is 22.8 Å². The fraction of sp³-hybridized carbons (Fsp3) is 0.368. The minimum absolute atomic E-state index is 0.193. The van der Waals surface area contributed by atoms with E-state index in [9.17, 15) is 9.90 Å². The summed E-state index contributed by atoms with van der Waals surface area (Å²) in [5, 5.41) is 17.2. The maximum absolute atomic E-state index is 12.1. The van der Waals surface area contributed by atoms with Crippen molar-refractivity contribution in [1.29, 1.82) is 0 Å². The lowest BCUT2D eigenvalue weighted by Gasteiger charge is -2.08. The number of aromatic nitrogens is 2. The van der Waals surface area contributed by atoms with Gasteiger partial charge < -0.3 is 14.6 Å². The van der Waals surface area contributed by atoms with Crippen LogP contribution in [0.15, 0.2) is 42.5 Å². The molecular formula is C19H21N3O4. The number of aliphatic hydroxyl groups excluding tert-OH is 1. The van der Waals surface area contributed by atoms with E-state index in [-0.39, 0.29) is 13.3 Å². The highest BCUT2D eigenvalue weighted by Crippen LogP contribution is 2.55. The summed E-state index contributed by atoms with van der Waals surface area (Å²) in [5.74, 6) is 1.19. The van der Waals surface area contributed by atoms with Gasteiger partial charge in [0.05, 0.1) is 11.8 Å². The second-order valence-electron chi connectivity index (χ2n) is 6.64. The van der Waals surface area contributed by atoms with Crippen LogP contribution < -0.4 is 5.32 Å². The van der Waals surface area contributed by atoms with E-state index in [1.54, 1.807) is 17.9 Å². The van der Waals surface area contributed by atoms with E-state index in [0.717, 1.165) is 23.3 Å². The number of rotatable bonds is 6.